The third-order valence-electron chi connectivity index (χ3n) is 2.74. The molecule has 0 atom stereocenters. The summed E-state index contributed by atoms with van der Waals surface area (Å²) in [5, 5.41) is 3.14. The first-order valence-electron chi connectivity index (χ1n) is 5.56. The number of nitrogens with two attached hydrogens (primary N) is 1. The Morgan fingerprint density at radius 1 is 1.11 bits per heavy atom. The highest BCUT2D eigenvalue weighted by atomic mass is 35.5. The van der Waals surface area contributed by atoms with Crippen LogP contribution in [0.1, 0.15) is 11.1 Å². The van der Waals surface area contributed by atoms with Crippen LogP contribution in [-0.4, -0.2) is 0 Å². The van der Waals surface area contributed by atoms with Crippen LogP contribution >= 0.6 is 11.6 Å². The second-order valence-electron chi connectivity index (χ2n) is 4.30. The predicted molar refractivity (Wildman–Crippen MR) is 75.0 cm³/mol. The summed E-state index contributed by atoms with van der Waals surface area (Å²) >= 11 is 5.66. The summed E-state index contributed by atoms with van der Waals surface area (Å²) < 4.78 is 13.4. The molecule has 0 unspecified atom stereocenters. The van der Waals surface area contributed by atoms with Crippen LogP contribution in [0.3, 0.4) is 0 Å². The lowest BCUT2D eigenvalue weighted by Gasteiger charge is -2.13. The number of hydrogen-bond donors (Lipinski definition) is 2. The first-order valence-corrected chi connectivity index (χ1v) is 5.94. The minimum atomic E-state index is -0.488. The Hall–Kier alpha value is -1.74. The maximum absolute atomic E-state index is 13.4. The summed E-state index contributed by atoms with van der Waals surface area (Å²) in [6.07, 6.45) is 0. The number of hydrogen-bond acceptors (Lipinski definition) is 2. The number of nitrogen functional groups attached to an aromatic ring is 1. The van der Waals surface area contributed by atoms with Gasteiger partial charge in [0.1, 0.15) is 5.82 Å². The summed E-state index contributed by atoms with van der Waals surface area (Å²) in [4.78, 5) is 0. The Morgan fingerprint density at radius 3 is 2.50 bits per heavy atom. The Kier molecular flexibility index (Phi) is 3.43. The van der Waals surface area contributed by atoms with Crippen LogP contribution in [-0.2, 0) is 0 Å². The molecule has 0 heterocycles. The summed E-state index contributed by atoms with van der Waals surface area (Å²) in [6, 6.07) is 8.68. The number of anilines is 3. The fourth-order valence-electron chi connectivity index (χ4n) is 1.77. The van der Waals surface area contributed by atoms with Crippen LogP contribution in [0.4, 0.5) is 21.5 Å². The fourth-order valence-corrected chi connectivity index (χ4v) is 1.94. The average molecular weight is 265 g/mol. The molecule has 2 aromatic carbocycles. The zero-order valence-electron chi connectivity index (χ0n) is 10.2. The van der Waals surface area contributed by atoms with Crippen molar-refractivity contribution in [1.82, 2.24) is 0 Å². The predicted octanol–water partition coefficient (Wildman–Crippen LogP) is 4.42. The van der Waals surface area contributed by atoms with E-state index in [1.165, 1.54) is 17.7 Å². The van der Waals surface area contributed by atoms with Gasteiger partial charge in [0, 0.05) is 11.8 Å². The summed E-state index contributed by atoms with van der Waals surface area (Å²) in [6.45, 7) is 4.00. The Bertz CT molecular complexity index is 597. The molecular weight excluding hydrogens is 251 g/mol. The monoisotopic (exact) mass is 264 g/mol. The van der Waals surface area contributed by atoms with Crippen molar-refractivity contribution in [3.8, 4) is 0 Å². The third-order valence-corrected chi connectivity index (χ3v) is 3.03. The quantitative estimate of drug-likeness (QED) is 0.788. The zero-order valence-corrected chi connectivity index (χ0v) is 11.0. The zero-order chi connectivity index (χ0) is 13.3. The van der Waals surface area contributed by atoms with Crippen molar-refractivity contribution in [2.45, 2.75) is 13.8 Å². The molecule has 0 saturated heterocycles. The number of rotatable bonds is 2. The van der Waals surface area contributed by atoms with Gasteiger partial charge in [0.25, 0.3) is 0 Å². The molecule has 2 nitrogen and oxygen atoms in total. The lowest BCUT2D eigenvalue weighted by molar-refractivity contribution is 0.629. The van der Waals surface area contributed by atoms with Crippen LogP contribution in [0.15, 0.2) is 30.3 Å². The Labute approximate surface area is 111 Å². The molecule has 0 radical (unpaired) electrons. The Balaban J connectivity index is 2.37. The molecule has 0 aliphatic carbocycles. The van der Waals surface area contributed by atoms with E-state index in [1.807, 2.05) is 32.0 Å². The van der Waals surface area contributed by atoms with Crippen molar-refractivity contribution in [3.05, 3.63) is 52.3 Å². The van der Waals surface area contributed by atoms with E-state index in [9.17, 15) is 4.39 Å². The van der Waals surface area contributed by atoms with Gasteiger partial charge in [-0.05, 0) is 31.5 Å². The molecule has 0 aliphatic rings. The maximum Gasteiger partial charge on any atom is 0.144 e. The molecule has 0 amide bonds. The van der Waals surface area contributed by atoms with Crippen molar-refractivity contribution < 1.29 is 4.39 Å². The van der Waals surface area contributed by atoms with Crippen LogP contribution in [0.2, 0.25) is 5.02 Å². The highest BCUT2D eigenvalue weighted by molar-refractivity contribution is 6.31. The number of aryl methyl sites for hydroxylation is 2. The first kappa shape index (κ1) is 12.7. The lowest BCUT2D eigenvalue weighted by Crippen LogP contribution is -1.99. The molecule has 0 aromatic heterocycles. The molecule has 0 spiro atoms. The van der Waals surface area contributed by atoms with Gasteiger partial charge in [0.2, 0.25) is 0 Å². The van der Waals surface area contributed by atoms with E-state index in [-0.39, 0.29) is 5.02 Å². The van der Waals surface area contributed by atoms with Crippen LogP contribution < -0.4 is 11.1 Å². The van der Waals surface area contributed by atoms with Crippen molar-refractivity contribution in [2.75, 3.05) is 11.1 Å². The standard InChI is InChI=1S/C14H14ClFN2/c1-8-3-4-13(9(2)5-8)18-14-7-11(16)10(15)6-12(14)17/h3-7,18H,17H2,1-2H3. The van der Waals surface area contributed by atoms with Crippen molar-refractivity contribution in [1.29, 1.82) is 0 Å². The molecular formula is C14H14ClFN2. The lowest BCUT2D eigenvalue weighted by atomic mass is 10.1. The molecule has 3 N–H and O–H groups in total. The van der Waals surface area contributed by atoms with Crippen LogP contribution in [0, 0.1) is 19.7 Å². The highest BCUT2D eigenvalue weighted by Crippen LogP contribution is 2.30. The molecule has 0 fully saturated rings. The maximum atomic E-state index is 13.4. The SMILES string of the molecule is Cc1ccc(Nc2cc(F)c(Cl)cc2N)c(C)c1. The fraction of sp³-hybridized carbons (Fsp3) is 0.143. The molecule has 2 aromatic rings. The van der Waals surface area contributed by atoms with Gasteiger partial charge in [-0.1, -0.05) is 29.3 Å². The summed E-state index contributed by atoms with van der Waals surface area (Å²) in [7, 11) is 0. The van der Waals surface area contributed by atoms with Crippen LogP contribution in [0.25, 0.3) is 0 Å². The minimum absolute atomic E-state index is 0.0266. The Morgan fingerprint density at radius 2 is 1.83 bits per heavy atom. The molecule has 0 saturated carbocycles. The van der Waals surface area contributed by atoms with E-state index >= 15 is 0 Å². The van der Waals surface area contributed by atoms with Gasteiger partial charge in [0.15, 0.2) is 0 Å². The van der Waals surface area contributed by atoms with Crippen molar-refractivity contribution in [3.63, 3.8) is 0 Å². The van der Waals surface area contributed by atoms with Gasteiger partial charge in [-0.15, -0.1) is 0 Å². The molecule has 0 bridgehead atoms. The molecule has 94 valence electrons. The summed E-state index contributed by atoms with van der Waals surface area (Å²) in [5.74, 6) is -0.488. The van der Waals surface area contributed by atoms with E-state index in [0.717, 1.165) is 11.3 Å². The number of nitrogens with one attached hydrogen (secondary N) is 1. The molecule has 2 rings (SSSR count). The van der Waals surface area contributed by atoms with E-state index in [2.05, 4.69) is 5.32 Å². The molecule has 4 heteroatoms. The number of benzene rings is 2. The van der Waals surface area contributed by atoms with Gasteiger partial charge >= 0.3 is 0 Å². The van der Waals surface area contributed by atoms with Crippen molar-refractivity contribution >= 4 is 28.7 Å². The van der Waals surface area contributed by atoms with E-state index in [4.69, 9.17) is 17.3 Å². The van der Waals surface area contributed by atoms with Gasteiger partial charge in [-0.2, -0.15) is 0 Å². The van der Waals surface area contributed by atoms with Gasteiger partial charge in [-0.3, -0.25) is 0 Å². The highest BCUT2D eigenvalue weighted by Gasteiger charge is 2.07. The average Bonchev–Trinajstić information content (AvgIpc) is 2.29. The van der Waals surface area contributed by atoms with E-state index < -0.39 is 5.82 Å². The van der Waals surface area contributed by atoms with E-state index in [1.54, 1.807) is 0 Å². The third kappa shape index (κ3) is 2.57. The first-order chi connectivity index (χ1) is 8.47. The smallest absolute Gasteiger partial charge is 0.144 e. The van der Waals surface area contributed by atoms with Gasteiger partial charge < -0.3 is 11.1 Å². The summed E-state index contributed by atoms with van der Waals surface area (Å²) in [5.41, 5.74) is 9.89. The van der Waals surface area contributed by atoms with Gasteiger partial charge in [0.05, 0.1) is 16.4 Å². The topological polar surface area (TPSA) is 38.0 Å². The molecule has 0 aliphatic heterocycles. The second-order valence-corrected chi connectivity index (χ2v) is 4.70. The normalized spacial score (nSPS) is 10.4. The van der Waals surface area contributed by atoms with Crippen molar-refractivity contribution in [2.24, 2.45) is 0 Å². The van der Waals surface area contributed by atoms with E-state index in [0.29, 0.717) is 11.4 Å². The second kappa shape index (κ2) is 4.86. The largest absolute Gasteiger partial charge is 0.397 e. The number of halogens is 2. The molecule has 18 heavy (non-hydrogen) atoms. The van der Waals surface area contributed by atoms with Crippen LogP contribution in [0.5, 0.6) is 0 Å². The van der Waals surface area contributed by atoms with Gasteiger partial charge in [-0.25, -0.2) is 4.39 Å². The minimum Gasteiger partial charge on any atom is -0.397 e.